The van der Waals surface area contributed by atoms with Crippen molar-refractivity contribution >= 4 is 23.2 Å². The van der Waals surface area contributed by atoms with Crippen molar-refractivity contribution in [2.45, 2.75) is 0 Å². The average molecular weight is 423 g/mol. The lowest BCUT2D eigenvalue weighted by Crippen LogP contribution is -2.52. The van der Waals surface area contributed by atoms with Crippen LogP contribution in [0.1, 0.15) is 10.4 Å². The van der Waals surface area contributed by atoms with Crippen LogP contribution in [0, 0.1) is 0 Å². The summed E-state index contributed by atoms with van der Waals surface area (Å²) < 4.78 is 0. The van der Waals surface area contributed by atoms with Gasteiger partial charge in [-0.2, -0.15) is 0 Å². The van der Waals surface area contributed by atoms with Crippen molar-refractivity contribution in [1.82, 2.24) is 20.8 Å². The third-order valence-corrected chi connectivity index (χ3v) is 5.12. The molecule has 1 fully saturated rings. The summed E-state index contributed by atoms with van der Waals surface area (Å²) in [5, 5.41) is 14.8. The maximum atomic E-state index is 12.2. The molecule has 0 bridgehead atoms. The number of hydrogen-bond donors (Lipinski definition) is 4. The molecule has 3 heterocycles. The summed E-state index contributed by atoms with van der Waals surface area (Å²) in [6.07, 6.45) is 12.0. The molecule has 1 amide bonds. The zero-order chi connectivity index (χ0) is 21.8. The number of nitrogens with one attached hydrogen (secondary N) is 3. The van der Waals surface area contributed by atoms with Crippen LogP contribution < -0.4 is 36.8 Å². The molecule has 1 aromatic heterocycles. The van der Waals surface area contributed by atoms with E-state index in [-0.39, 0.29) is 5.56 Å². The van der Waals surface area contributed by atoms with Crippen LogP contribution >= 0.6 is 0 Å². The van der Waals surface area contributed by atoms with Gasteiger partial charge in [0.2, 0.25) is 5.95 Å². The number of carbonyl (C=O) groups excluding carboxylic acids is 1. The number of carbonyl (C=O) groups is 1. The minimum absolute atomic E-state index is 0.147. The standard InChI is InChI=1S/C20H21N7O4/c28-17-15(22-10-13-3-1-2-4-21-9-13)16(18(17)29)26-5-7-27(8-6-26)20-23-11-14(12-24-20)19(30)25-31/h1-4,9,11-12,21-22,31H,5-8,10H2,(H,25,30). The van der Waals surface area contributed by atoms with Crippen molar-refractivity contribution in [3.05, 3.63) is 74.6 Å². The first-order valence-corrected chi connectivity index (χ1v) is 9.70. The minimum atomic E-state index is -0.682. The van der Waals surface area contributed by atoms with Gasteiger partial charge in [-0.05, 0) is 11.6 Å². The molecule has 2 aliphatic heterocycles. The second-order valence-electron chi connectivity index (χ2n) is 7.03. The lowest BCUT2D eigenvalue weighted by molar-refractivity contribution is 0.0705. The van der Waals surface area contributed by atoms with E-state index in [0.717, 1.165) is 5.57 Å². The van der Waals surface area contributed by atoms with Crippen LogP contribution in [0.25, 0.3) is 0 Å². The zero-order valence-electron chi connectivity index (χ0n) is 16.5. The van der Waals surface area contributed by atoms with Gasteiger partial charge in [0.25, 0.3) is 16.8 Å². The molecule has 1 aromatic carbocycles. The van der Waals surface area contributed by atoms with Crippen molar-refractivity contribution < 1.29 is 10.0 Å². The Hall–Kier alpha value is -3.99. The van der Waals surface area contributed by atoms with E-state index in [4.69, 9.17) is 5.21 Å². The first kappa shape index (κ1) is 20.3. The topological polar surface area (TPSA) is 140 Å². The number of anilines is 3. The molecule has 2 aliphatic rings. The van der Waals surface area contributed by atoms with E-state index in [1.807, 2.05) is 34.2 Å². The molecule has 0 spiro atoms. The van der Waals surface area contributed by atoms with Crippen molar-refractivity contribution in [2.24, 2.45) is 0 Å². The monoisotopic (exact) mass is 423 g/mol. The quantitative estimate of drug-likeness (QED) is 0.273. The number of allylic oxidation sites excluding steroid dienone is 2. The van der Waals surface area contributed by atoms with Crippen LogP contribution in [0.4, 0.5) is 17.3 Å². The minimum Gasteiger partial charge on any atom is -0.376 e. The highest BCUT2D eigenvalue weighted by molar-refractivity contribution is 5.92. The van der Waals surface area contributed by atoms with Gasteiger partial charge in [0, 0.05) is 57.5 Å². The summed E-state index contributed by atoms with van der Waals surface area (Å²) >= 11 is 0. The van der Waals surface area contributed by atoms with Gasteiger partial charge in [-0.1, -0.05) is 12.2 Å². The third kappa shape index (κ3) is 4.16. The molecule has 31 heavy (non-hydrogen) atoms. The molecule has 11 heteroatoms. The Bertz CT molecular complexity index is 1120. The SMILES string of the molecule is O=C(NO)c1cnc(N2CCN(c3c(NCC4=CNC=CC=C4)c(=O)c3=O)CC2)nc1. The van der Waals surface area contributed by atoms with Crippen LogP contribution in [0.5, 0.6) is 0 Å². The van der Waals surface area contributed by atoms with Crippen molar-refractivity contribution in [3.8, 4) is 0 Å². The van der Waals surface area contributed by atoms with E-state index in [1.165, 1.54) is 17.9 Å². The summed E-state index contributed by atoms with van der Waals surface area (Å²) in [5.41, 5.74) is 2.43. The van der Waals surface area contributed by atoms with Crippen LogP contribution in [-0.4, -0.2) is 53.8 Å². The zero-order valence-corrected chi connectivity index (χ0v) is 16.5. The van der Waals surface area contributed by atoms with E-state index in [0.29, 0.717) is 50.0 Å². The Morgan fingerprint density at radius 1 is 1.06 bits per heavy atom. The Labute approximate surface area is 177 Å². The highest BCUT2D eigenvalue weighted by Gasteiger charge is 2.29. The lowest BCUT2D eigenvalue weighted by atomic mass is 10.1. The van der Waals surface area contributed by atoms with Gasteiger partial charge in [-0.15, -0.1) is 0 Å². The normalized spacial score (nSPS) is 16.0. The average Bonchev–Trinajstić information content (AvgIpc) is 3.10. The molecule has 11 nitrogen and oxygen atoms in total. The van der Waals surface area contributed by atoms with Gasteiger partial charge in [-0.3, -0.25) is 19.6 Å². The molecule has 0 atom stereocenters. The van der Waals surface area contributed by atoms with Crippen LogP contribution in [0.15, 0.2) is 58.2 Å². The number of rotatable bonds is 6. The van der Waals surface area contributed by atoms with E-state index >= 15 is 0 Å². The Kier molecular flexibility index (Phi) is 5.76. The van der Waals surface area contributed by atoms with E-state index in [1.54, 1.807) is 6.20 Å². The van der Waals surface area contributed by atoms with Crippen molar-refractivity contribution in [3.63, 3.8) is 0 Å². The maximum absolute atomic E-state index is 12.2. The summed E-state index contributed by atoms with van der Waals surface area (Å²) in [4.78, 5) is 47.8. The number of aromatic nitrogens is 2. The molecule has 4 rings (SSSR count). The molecular formula is C20H21N7O4. The fourth-order valence-electron chi connectivity index (χ4n) is 3.44. The van der Waals surface area contributed by atoms with Gasteiger partial charge in [0.1, 0.15) is 11.4 Å². The third-order valence-electron chi connectivity index (χ3n) is 5.12. The van der Waals surface area contributed by atoms with Gasteiger partial charge >= 0.3 is 0 Å². The van der Waals surface area contributed by atoms with E-state index in [2.05, 4.69) is 20.6 Å². The largest absolute Gasteiger partial charge is 0.376 e. The van der Waals surface area contributed by atoms with Crippen molar-refractivity contribution in [2.75, 3.05) is 47.8 Å². The molecule has 0 saturated carbocycles. The highest BCUT2D eigenvalue weighted by atomic mass is 16.5. The molecule has 2 aromatic rings. The predicted octanol–water partition coefficient (Wildman–Crippen LogP) is -0.513. The molecule has 0 radical (unpaired) electrons. The number of hydrogen-bond acceptors (Lipinski definition) is 10. The Morgan fingerprint density at radius 3 is 2.48 bits per heavy atom. The van der Waals surface area contributed by atoms with Gasteiger partial charge in [0.05, 0.1) is 5.56 Å². The smallest absolute Gasteiger partial charge is 0.277 e. The second kappa shape index (κ2) is 8.79. The Balaban J connectivity index is 1.38. The molecule has 0 unspecified atom stereocenters. The molecule has 0 aliphatic carbocycles. The molecular weight excluding hydrogens is 402 g/mol. The lowest BCUT2D eigenvalue weighted by Gasteiger charge is -2.37. The highest BCUT2D eigenvalue weighted by Crippen LogP contribution is 2.23. The molecule has 4 N–H and O–H groups in total. The van der Waals surface area contributed by atoms with Crippen LogP contribution in [0.2, 0.25) is 0 Å². The fourth-order valence-corrected chi connectivity index (χ4v) is 3.44. The predicted molar refractivity (Wildman–Crippen MR) is 115 cm³/mol. The summed E-state index contributed by atoms with van der Waals surface area (Å²) in [6, 6.07) is 0. The van der Waals surface area contributed by atoms with Gasteiger partial charge in [0.15, 0.2) is 0 Å². The van der Waals surface area contributed by atoms with Crippen LogP contribution in [-0.2, 0) is 0 Å². The number of amides is 1. The number of piperazine rings is 1. The van der Waals surface area contributed by atoms with Crippen LogP contribution in [0.3, 0.4) is 0 Å². The van der Waals surface area contributed by atoms with Gasteiger partial charge < -0.3 is 20.4 Å². The van der Waals surface area contributed by atoms with E-state index in [9.17, 15) is 14.4 Å². The Morgan fingerprint density at radius 2 is 1.77 bits per heavy atom. The second-order valence-corrected chi connectivity index (χ2v) is 7.03. The van der Waals surface area contributed by atoms with Crippen molar-refractivity contribution in [1.29, 1.82) is 0 Å². The summed E-state index contributed by atoms with van der Waals surface area (Å²) in [6.45, 7) is 2.57. The molecule has 1 saturated heterocycles. The van der Waals surface area contributed by atoms with Gasteiger partial charge in [-0.25, -0.2) is 15.4 Å². The first-order chi connectivity index (χ1) is 15.1. The maximum Gasteiger partial charge on any atom is 0.277 e. The van der Waals surface area contributed by atoms with E-state index < -0.39 is 16.8 Å². The number of nitrogens with zero attached hydrogens (tertiary/aromatic N) is 4. The summed E-state index contributed by atoms with van der Waals surface area (Å²) in [7, 11) is 0. The summed E-state index contributed by atoms with van der Waals surface area (Å²) in [5.74, 6) is -0.232. The number of hydroxylamine groups is 1. The molecule has 160 valence electrons. The fraction of sp³-hybridized carbons (Fsp3) is 0.250. The first-order valence-electron chi connectivity index (χ1n) is 9.70.